The van der Waals surface area contributed by atoms with Gasteiger partial charge in [0.25, 0.3) is 0 Å². The van der Waals surface area contributed by atoms with Crippen molar-refractivity contribution < 1.29 is 24.5 Å². The monoisotopic (exact) mass is 883 g/mol. The number of benzene rings is 5. The normalized spacial score (nSPS) is 11.3. The second-order valence-electron chi connectivity index (χ2n) is 12.7. The Morgan fingerprint density at radius 3 is 2.15 bits per heavy atom. The summed E-state index contributed by atoms with van der Waals surface area (Å²) < 4.78 is 19.1. The van der Waals surface area contributed by atoms with Gasteiger partial charge >= 0.3 is 106 Å². The molecular formula is C42H33FGeIrN2S-2. The minimum absolute atomic E-state index is 0. The molecule has 1 radical (unpaired) electrons. The number of rotatable bonds is 4. The summed E-state index contributed by atoms with van der Waals surface area (Å²) in [6.45, 7) is 2.19. The molecule has 0 aliphatic rings. The van der Waals surface area contributed by atoms with E-state index in [2.05, 4.69) is 88.9 Å². The van der Waals surface area contributed by atoms with E-state index < -0.39 is 13.3 Å². The Bertz CT molecular complexity index is 2370. The summed E-state index contributed by atoms with van der Waals surface area (Å²) in [5.41, 5.74) is 6.79. The Labute approximate surface area is 301 Å². The average molecular weight is 882 g/mol. The first-order valence-electron chi connectivity index (χ1n) is 15.7. The Hall–Kier alpha value is -4.00. The zero-order chi connectivity index (χ0) is 32.5. The summed E-state index contributed by atoms with van der Waals surface area (Å²) in [4.78, 5) is 9.09. The zero-order valence-electron chi connectivity index (χ0n) is 27.1. The van der Waals surface area contributed by atoms with Crippen molar-refractivity contribution in [2.24, 2.45) is 0 Å². The molecule has 0 saturated carbocycles. The molecule has 0 amide bonds. The van der Waals surface area contributed by atoms with Crippen LogP contribution in [0.4, 0.5) is 4.39 Å². The third-order valence-electron chi connectivity index (χ3n) is 8.40. The molecule has 0 saturated heterocycles. The van der Waals surface area contributed by atoms with Crippen LogP contribution >= 0.6 is 11.3 Å². The van der Waals surface area contributed by atoms with Gasteiger partial charge in [-0.2, -0.15) is 11.3 Å². The third-order valence-corrected chi connectivity index (χ3v) is 14.0. The van der Waals surface area contributed by atoms with E-state index >= 15 is 4.39 Å². The molecule has 3 aromatic heterocycles. The van der Waals surface area contributed by atoms with Crippen LogP contribution in [0.15, 0.2) is 128 Å². The van der Waals surface area contributed by atoms with Crippen molar-refractivity contribution in [2.45, 2.75) is 24.2 Å². The van der Waals surface area contributed by atoms with Crippen molar-refractivity contribution >= 4 is 59.9 Å². The number of thiophene rings is 1. The molecule has 0 aliphatic heterocycles. The Balaban J connectivity index is 0.000000191. The van der Waals surface area contributed by atoms with Gasteiger partial charge in [0.05, 0.1) is 0 Å². The van der Waals surface area contributed by atoms with Crippen molar-refractivity contribution in [1.82, 2.24) is 9.97 Å². The van der Waals surface area contributed by atoms with E-state index in [1.165, 1.54) is 9.96 Å². The predicted octanol–water partition coefficient (Wildman–Crippen LogP) is 11.3. The van der Waals surface area contributed by atoms with E-state index in [0.717, 1.165) is 47.9 Å². The molecule has 8 rings (SSSR count). The van der Waals surface area contributed by atoms with E-state index in [9.17, 15) is 0 Å². The van der Waals surface area contributed by atoms with Gasteiger partial charge in [0.2, 0.25) is 0 Å². The summed E-state index contributed by atoms with van der Waals surface area (Å²) in [6.07, 6.45) is 3.87. The summed E-state index contributed by atoms with van der Waals surface area (Å²) >= 11 is -0.173. The Kier molecular flexibility index (Phi) is 10.0. The Morgan fingerprint density at radius 2 is 1.42 bits per heavy atom. The largest absolute Gasteiger partial charge is 0.304 e. The number of aromatic nitrogens is 2. The summed E-state index contributed by atoms with van der Waals surface area (Å²) in [5.74, 6) is 6.95. The van der Waals surface area contributed by atoms with Gasteiger partial charge in [-0.05, 0) is 49.1 Å². The fourth-order valence-corrected chi connectivity index (χ4v) is 10.7. The molecule has 6 heteroatoms. The van der Waals surface area contributed by atoms with E-state index in [0.29, 0.717) is 16.6 Å². The van der Waals surface area contributed by atoms with Crippen LogP contribution in [-0.2, 0) is 20.1 Å². The van der Waals surface area contributed by atoms with Crippen molar-refractivity contribution in [3.05, 3.63) is 151 Å². The maximum absolute atomic E-state index is 15.7. The smallest absolute Gasteiger partial charge is 0.0471 e. The number of fused-ring (bicyclic) bond motifs is 4. The number of hydrogen-bond donors (Lipinski definition) is 0. The van der Waals surface area contributed by atoms with Gasteiger partial charge in [-0.1, -0.05) is 78.4 Å². The quantitative estimate of drug-likeness (QED) is 0.130. The van der Waals surface area contributed by atoms with E-state index in [4.69, 9.17) is 0 Å². The molecule has 0 aliphatic carbocycles. The van der Waals surface area contributed by atoms with Gasteiger partial charge in [0.15, 0.2) is 0 Å². The summed E-state index contributed by atoms with van der Waals surface area (Å²) in [5, 5.41) is 3.66. The molecule has 0 unspecified atom stereocenters. The molecule has 48 heavy (non-hydrogen) atoms. The number of aryl methyl sites for hydroxylation is 1. The van der Waals surface area contributed by atoms with Gasteiger partial charge in [0.1, 0.15) is 0 Å². The first kappa shape index (κ1) is 33.9. The first-order valence-corrected chi connectivity index (χ1v) is 23.8. The molecule has 5 aromatic carbocycles. The van der Waals surface area contributed by atoms with Gasteiger partial charge in [-0.15, -0.1) is 12.1 Å². The molecule has 0 N–H and O–H groups in total. The van der Waals surface area contributed by atoms with Crippen LogP contribution in [0.1, 0.15) is 5.56 Å². The zero-order valence-corrected chi connectivity index (χ0v) is 32.4. The third kappa shape index (κ3) is 6.92. The standard InChI is InChI=1S/C27H15FNS.C15H18GeN.Ir/c28-27-21(23-14-18-8-4-5-9-20(18)16-29-23)12-13-24-26(27)22-11-10-19(15-25(22)30-24)17-6-2-1-3-7-17;1-12-10-15(13-8-6-5-7-9-13)17-11-14(12)16(2,3)4;/h1-11,13-16H;5-8,10-11H,1-4H3;/q2*-1;. The second kappa shape index (κ2) is 14.2. The van der Waals surface area contributed by atoms with E-state index in [-0.39, 0.29) is 25.9 Å². The molecule has 0 fully saturated rings. The van der Waals surface area contributed by atoms with Gasteiger partial charge in [-0.25, -0.2) is 0 Å². The number of pyridine rings is 2. The van der Waals surface area contributed by atoms with Crippen LogP contribution in [0.25, 0.3) is 64.6 Å². The van der Waals surface area contributed by atoms with Crippen LogP contribution < -0.4 is 4.40 Å². The molecule has 0 spiro atoms. The molecule has 2 nitrogen and oxygen atoms in total. The SMILES string of the molecule is Cc1cc(-c2[c-]cccc2)nc[c]1[Ge]([CH3])([CH3])[CH3].Fc1c(-c2cc3ccccc3cn2)[c-]cc2sc3cc(-c4ccccc4)ccc3c12.[Ir]. The Morgan fingerprint density at radius 1 is 0.688 bits per heavy atom. The van der Waals surface area contributed by atoms with Crippen molar-refractivity contribution in [1.29, 1.82) is 0 Å². The molecular weight excluding hydrogens is 848 g/mol. The maximum atomic E-state index is 15.7. The molecule has 3 heterocycles. The average Bonchev–Trinajstić information content (AvgIpc) is 3.47. The molecule has 8 aromatic rings. The number of hydrogen-bond acceptors (Lipinski definition) is 3. The molecule has 239 valence electrons. The summed E-state index contributed by atoms with van der Waals surface area (Å²) in [6, 6.07) is 44.8. The topological polar surface area (TPSA) is 25.8 Å². The van der Waals surface area contributed by atoms with E-state index in [1.807, 2.05) is 78.9 Å². The second-order valence-corrected chi connectivity index (χ2v) is 24.4. The van der Waals surface area contributed by atoms with Crippen LogP contribution in [-0.4, -0.2) is 23.2 Å². The predicted molar refractivity (Wildman–Crippen MR) is 201 cm³/mol. The van der Waals surface area contributed by atoms with E-state index in [1.54, 1.807) is 17.5 Å². The van der Waals surface area contributed by atoms with Crippen LogP contribution in [0, 0.1) is 24.9 Å². The van der Waals surface area contributed by atoms with Gasteiger partial charge in [0, 0.05) is 36.8 Å². The van der Waals surface area contributed by atoms with Crippen LogP contribution in [0.5, 0.6) is 0 Å². The van der Waals surface area contributed by atoms with Gasteiger partial charge in [-0.3, -0.25) is 4.39 Å². The maximum Gasteiger partial charge on any atom is 0.0471 e. The number of halogens is 1. The fourth-order valence-electron chi connectivity index (χ4n) is 6.03. The van der Waals surface area contributed by atoms with Crippen molar-refractivity contribution in [3.8, 4) is 33.6 Å². The number of nitrogens with zero attached hydrogens (tertiary/aromatic N) is 2. The minimum atomic E-state index is -1.77. The molecule has 0 bridgehead atoms. The first-order chi connectivity index (χ1) is 22.8. The fraction of sp³-hybridized carbons (Fsp3) is 0.0952. The van der Waals surface area contributed by atoms with Gasteiger partial charge < -0.3 is 4.98 Å². The van der Waals surface area contributed by atoms with Crippen molar-refractivity contribution in [3.63, 3.8) is 0 Å². The van der Waals surface area contributed by atoms with Crippen LogP contribution in [0.3, 0.4) is 0 Å². The van der Waals surface area contributed by atoms with Crippen molar-refractivity contribution in [2.75, 3.05) is 0 Å². The summed E-state index contributed by atoms with van der Waals surface area (Å²) in [7, 11) is 0. The minimum Gasteiger partial charge on any atom is -0.304 e. The van der Waals surface area contributed by atoms with Crippen LogP contribution in [0.2, 0.25) is 17.3 Å². The molecule has 0 atom stereocenters.